The van der Waals surface area contributed by atoms with Crippen LogP contribution in [0.5, 0.6) is 0 Å². The lowest BCUT2D eigenvalue weighted by Gasteiger charge is -2.05. The molecule has 0 saturated heterocycles. The molecule has 0 nitrogen and oxygen atoms in total. The van der Waals surface area contributed by atoms with Gasteiger partial charge in [-0.2, -0.15) is 0 Å². The molecule has 0 saturated carbocycles. The molecule has 2 heteroatoms. The molecular formula is C14H12S2. The lowest BCUT2D eigenvalue weighted by molar-refractivity contribution is 1.24. The second kappa shape index (κ2) is 4.19. The highest BCUT2D eigenvalue weighted by Crippen LogP contribution is 2.53. The van der Waals surface area contributed by atoms with E-state index in [-0.39, 0.29) is 0 Å². The van der Waals surface area contributed by atoms with Gasteiger partial charge < -0.3 is 0 Å². The van der Waals surface area contributed by atoms with E-state index in [0.717, 1.165) is 6.42 Å². The Balaban J connectivity index is 1.93. The Morgan fingerprint density at radius 3 is 2.38 bits per heavy atom. The number of hydrogen-bond acceptors (Lipinski definition) is 2. The van der Waals surface area contributed by atoms with Gasteiger partial charge >= 0.3 is 0 Å². The number of hydrogen-bond donors (Lipinski definition) is 0. The summed E-state index contributed by atoms with van der Waals surface area (Å²) in [6, 6.07) is 8.63. The zero-order valence-corrected chi connectivity index (χ0v) is 10.7. The van der Waals surface area contributed by atoms with Crippen molar-refractivity contribution < 1.29 is 0 Å². The highest BCUT2D eigenvalue weighted by molar-refractivity contribution is 8.24. The standard InChI is InChI=1S/C14H12S2/c1-10(11-6-2-3-7-11)14-15-12-8-4-5-9-13(12)16-14/h2-6,8-9H,7H2,1H3. The van der Waals surface area contributed by atoms with Gasteiger partial charge in [-0.05, 0) is 36.6 Å². The van der Waals surface area contributed by atoms with Crippen molar-refractivity contribution in [3.63, 3.8) is 0 Å². The van der Waals surface area contributed by atoms with Crippen LogP contribution in [0.1, 0.15) is 13.3 Å². The first-order valence-electron chi connectivity index (χ1n) is 5.36. The Hall–Kier alpha value is -0.860. The van der Waals surface area contributed by atoms with E-state index < -0.39 is 0 Å². The van der Waals surface area contributed by atoms with Gasteiger partial charge in [-0.3, -0.25) is 0 Å². The molecule has 16 heavy (non-hydrogen) atoms. The minimum Gasteiger partial charge on any atom is -0.0812 e. The fourth-order valence-corrected chi connectivity index (χ4v) is 4.40. The van der Waals surface area contributed by atoms with E-state index in [1.54, 1.807) is 0 Å². The minimum absolute atomic E-state index is 1.09. The molecule has 0 radical (unpaired) electrons. The average Bonchev–Trinajstić information content (AvgIpc) is 2.97. The van der Waals surface area contributed by atoms with Gasteiger partial charge in [0.15, 0.2) is 0 Å². The van der Waals surface area contributed by atoms with E-state index in [9.17, 15) is 0 Å². The summed E-state index contributed by atoms with van der Waals surface area (Å²) >= 11 is 3.81. The van der Waals surface area contributed by atoms with E-state index in [1.807, 2.05) is 23.5 Å². The number of benzene rings is 1. The molecule has 0 amide bonds. The van der Waals surface area contributed by atoms with Crippen molar-refractivity contribution >= 4 is 23.5 Å². The van der Waals surface area contributed by atoms with E-state index in [0.29, 0.717) is 0 Å². The fourth-order valence-electron chi connectivity index (χ4n) is 1.85. The summed E-state index contributed by atoms with van der Waals surface area (Å²) in [6.45, 7) is 2.24. The first-order valence-corrected chi connectivity index (χ1v) is 6.99. The molecule has 1 aromatic rings. The van der Waals surface area contributed by atoms with Crippen LogP contribution in [-0.2, 0) is 0 Å². The number of fused-ring (bicyclic) bond motifs is 1. The molecule has 1 aromatic carbocycles. The Morgan fingerprint density at radius 2 is 1.81 bits per heavy atom. The molecule has 1 aliphatic heterocycles. The zero-order chi connectivity index (χ0) is 11.0. The third-order valence-electron chi connectivity index (χ3n) is 2.81. The van der Waals surface area contributed by atoms with E-state index in [4.69, 9.17) is 0 Å². The van der Waals surface area contributed by atoms with Crippen LogP contribution in [0.2, 0.25) is 0 Å². The molecule has 80 valence electrons. The molecule has 0 unspecified atom stereocenters. The van der Waals surface area contributed by atoms with Crippen LogP contribution >= 0.6 is 23.5 Å². The normalized spacial score (nSPS) is 17.6. The lowest BCUT2D eigenvalue weighted by atomic mass is 10.1. The van der Waals surface area contributed by atoms with Gasteiger partial charge in [-0.1, -0.05) is 53.9 Å². The first kappa shape index (κ1) is 10.3. The van der Waals surface area contributed by atoms with Crippen LogP contribution in [0.3, 0.4) is 0 Å². The monoisotopic (exact) mass is 244 g/mol. The smallest absolute Gasteiger partial charge is 0.0531 e. The molecule has 0 fully saturated rings. The third-order valence-corrected chi connectivity index (χ3v) is 5.58. The Labute approximate surface area is 105 Å². The van der Waals surface area contributed by atoms with Crippen LogP contribution in [0.4, 0.5) is 0 Å². The van der Waals surface area contributed by atoms with Crippen LogP contribution in [0.25, 0.3) is 0 Å². The summed E-state index contributed by atoms with van der Waals surface area (Å²) in [4.78, 5) is 2.79. The topological polar surface area (TPSA) is 0 Å². The molecule has 1 aliphatic carbocycles. The van der Waals surface area contributed by atoms with Gasteiger partial charge in [-0.15, -0.1) is 0 Å². The maximum absolute atomic E-state index is 2.24. The molecule has 1 heterocycles. The molecule has 3 rings (SSSR count). The maximum atomic E-state index is 2.24. The zero-order valence-electron chi connectivity index (χ0n) is 9.07. The lowest BCUT2D eigenvalue weighted by Crippen LogP contribution is -1.82. The molecule has 0 spiro atoms. The second-order valence-corrected chi connectivity index (χ2v) is 6.25. The highest BCUT2D eigenvalue weighted by atomic mass is 32.2. The van der Waals surface area contributed by atoms with Gasteiger partial charge in [0.1, 0.15) is 0 Å². The fraction of sp³-hybridized carbons (Fsp3) is 0.143. The van der Waals surface area contributed by atoms with Crippen LogP contribution in [0, 0.1) is 0 Å². The molecule has 0 atom stereocenters. The van der Waals surface area contributed by atoms with Gasteiger partial charge in [-0.25, -0.2) is 0 Å². The molecule has 0 N–H and O–H groups in total. The maximum Gasteiger partial charge on any atom is 0.0531 e. The SMILES string of the molecule is CC(C1=CC=CC1)=C1Sc2ccccc2S1. The van der Waals surface area contributed by atoms with Crippen molar-refractivity contribution in [2.45, 2.75) is 23.1 Å². The van der Waals surface area contributed by atoms with Crippen molar-refractivity contribution in [1.82, 2.24) is 0 Å². The van der Waals surface area contributed by atoms with Crippen molar-refractivity contribution in [2.75, 3.05) is 0 Å². The number of rotatable bonds is 1. The largest absolute Gasteiger partial charge is 0.0812 e. The second-order valence-electron chi connectivity index (χ2n) is 3.89. The first-order chi connectivity index (χ1) is 7.84. The Morgan fingerprint density at radius 1 is 1.12 bits per heavy atom. The Bertz CT molecular complexity index is 494. The van der Waals surface area contributed by atoms with Crippen LogP contribution in [-0.4, -0.2) is 0 Å². The molecule has 0 aromatic heterocycles. The summed E-state index contributed by atoms with van der Waals surface area (Å²) < 4.78 is 1.44. The summed E-state index contributed by atoms with van der Waals surface area (Å²) in [5, 5.41) is 0. The highest BCUT2D eigenvalue weighted by Gasteiger charge is 2.20. The predicted octanol–water partition coefficient (Wildman–Crippen LogP) is 5.00. The Kier molecular flexibility index (Phi) is 2.70. The van der Waals surface area contributed by atoms with E-state index in [1.165, 1.54) is 25.2 Å². The number of thioether (sulfide) groups is 2. The predicted molar refractivity (Wildman–Crippen MR) is 72.7 cm³/mol. The summed E-state index contributed by atoms with van der Waals surface area (Å²) in [7, 11) is 0. The van der Waals surface area contributed by atoms with Gasteiger partial charge in [0.05, 0.1) is 4.24 Å². The number of allylic oxidation sites excluding steroid dienone is 5. The summed E-state index contributed by atoms with van der Waals surface area (Å²) in [5.74, 6) is 0. The quantitative estimate of drug-likeness (QED) is 0.681. The molecule has 0 bridgehead atoms. The van der Waals surface area contributed by atoms with Crippen LogP contribution in [0.15, 0.2) is 67.7 Å². The van der Waals surface area contributed by atoms with Gasteiger partial charge in [0.25, 0.3) is 0 Å². The van der Waals surface area contributed by atoms with Crippen molar-refractivity contribution in [2.24, 2.45) is 0 Å². The summed E-state index contributed by atoms with van der Waals surface area (Å²) in [5.41, 5.74) is 2.90. The van der Waals surface area contributed by atoms with Gasteiger partial charge in [0, 0.05) is 9.79 Å². The van der Waals surface area contributed by atoms with Crippen LogP contribution < -0.4 is 0 Å². The summed E-state index contributed by atoms with van der Waals surface area (Å²) in [6.07, 6.45) is 7.69. The van der Waals surface area contributed by atoms with Crippen molar-refractivity contribution in [3.8, 4) is 0 Å². The van der Waals surface area contributed by atoms with Crippen molar-refractivity contribution in [3.05, 3.63) is 57.9 Å². The van der Waals surface area contributed by atoms with E-state index in [2.05, 4.69) is 49.4 Å². The minimum atomic E-state index is 1.09. The van der Waals surface area contributed by atoms with Crippen molar-refractivity contribution in [1.29, 1.82) is 0 Å². The molecular weight excluding hydrogens is 232 g/mol. The average molecular weight is 244 g/mol. The molecule has 2 aliphatic rings. The van der Waals surface area contributed by atoms with E-state index >= 15 is 0 Å². The van der Waals surface area contributed by atoms with Gasteiger partial charge in [0.2, 0.25) is 0 Å². The third kappa shape index (κ3) is 1.76.